The number of aromatic nitrogens is 3. The summed E-state index contributed by atoms with van der Waals surface area (Å²) in [6, 6.07) is 15.2. The third-order valence-electron chi connectivity index (χ3n) is 4.72. The number of hydrogen-bond donors (Lipinski definition) is 1. The van der Waals surface area contributed by atoms with Crippen LogP contribution in [0.1, 0.15) is 51.5 Å². The molecule has 0 unspecified atom stereocenters. The van der Waals surface area contributed by atoms with E-state index in [4.69, 9.17) is 18.0 Å². The van der Waals surface area contributed by atoms with E-state index in [0.717, 1.165) is 28.3 Å². The number of rotatable bonds is 9. The molecule has 0 fully saturated rings. The van der Waals surface area contributed by atoms with Crippen molar-refractivity contribution in [3.05, 3.63) is 82.4 Å². The van der Waals surface area contributed by atoms with Crippen LogP contribution in [0.15, 0.2) is 48.5 Å². The number of nitrogens with zero attached hydrogens (tertiary/aromatic N) is 3. The smallest absolute Gasteiger partial charge is 0.335 e. The molecule has 5 nitrogen and oxygen atoms in total. The van der Waals surface area contributed by atoms with Crippen LogP contribution in [0.2, 0.25) is 0 Å². The summed E-state index contributed by atoms with van der Waals surface area (Å²) >= 11 is 0. The number of benzene rings is 2. The molecule has 0 aliphatic heterocycles. The lowest BCUT2D eigenvalue weighted by molar-refractivity contribution is 0.0696. The number of carboxylic acid groups (broad SMARTS) is 1. The molecule has 3 rings (SSSR count). The first-order valence-corrected chi connectivity index (χ1v) is 9.78. The zero-order valence-electron chi connectivity index (χ0n) is 16.7. The van der Waals surface area contributed by atoms with Crippen molar-refractivity contribution in [2.45, 2.75) is 38.6 Å². The maximum atomic E-state index is 11.1. The van der Waals surface area contributed by atoms with Crippen LogP contribution in [-0.4, -0.2) is 25.8 Å². The lowest BCUT2D eigenvalue weighted by Crippen LogP contribution is -2.07. The SMILES string of the molecule is C#CCCc1nc(CCC#C)n(Cc2ccc(Cc3cccc(C(=O)O)c3)cc2)n1. The van der Waals surface area contributed by atoms with Gasteiger partial charge in [-0.25, -0.2) is 14.5 Å². The molecule has 0 bridgehead atoms. The molecule has 1 aromatic heterocycles. The summed E-state index contributed by atoms with van der Waals surface area (Å²) in [6.45, 7) is 0.609. The minimum atomic E-state index is -0.915. The third-order valence-corrected chi connectivity index (χ3v) is 4.72. The van der Waals surface area contributed by atoms with Crippen molar-refractivity contribution in [1.29, 1.82) is 0 Å². The Balaban J connectivity index is 1.71. The highest BCUT2D eigenvalue weighted by Gasteiger charge is 2.10. The molecule has 0 aliphatic carbocycles. The topological polar surface area (TPSA) is 68.0 Å². The van der Waals surface area contributed by atoms with Crippen molar-refractivity contribution in [1.82, 2.24) is 14.8 Å². The molecular formula is C25H23N3O2. The Kier molecular flexibility index (Phi) is 7.03. The van der Waals surface area contributed by atoms with Crippen LogP contribution in [0, 0.1) is 24.7 Å². The fourth-order valence-electron chi connectivity index (χ4n) is 3.20. The molecule has 0 saturated heterocycles. The first kappa shape index (κ1) is 20.9. The Bertz CT molecular complexity index is 1100. The van der Waals surface area contributed by atoms with Gasteiger partial charge in [0.15, 0.2) is 5.82 Å². The molecule has 150 valence electrons. The van der Waals surface area contributed by atoms with Crippen molar-refractivity contribution in [3.63, 3.8) is 0 Å². The molecule has 30 heavy (non-hydrogen) atoms. The van der Waals surface area contributed by atoms with E-state index in [1.54, 1.807) is 18.2 Å². The minimum Gasteiger partial charge on any atom is -0.478 e. The number of aryl methyl sites for hydroxylation is 2. The van der Waals surface area contributed by atoms with Gasteiger partial charge in [-0.05, 0) is 35.2 Å². The molecule has 0 radical (unpaired) electrons. The summed E-state index contributed by atoms with van der Waals surface area (Å²) in [5, 5.41) is 13.7. The predicted octanol–water partition coefficient (Wildman–Crippen LogP) is 3.75. The van der Waals surface area contributed by atoms with Gasteiger partial charge in [0.2, 0.25) is 0 Å². The fraction of sp³-hybridized carbons (Fsp3) is 0.240. The van der Waals surface area contributed by atoms with Crippen LogP contribution in [0.5, 0.6) is 0 Å². The highest BCUT2D eigenvalue weighted by Crippen LogP contribution is 2.14. The van der Waals surface area contributed by atoms with Crippen LogP contribution >= 0.6 is 0 Å². The summed E-state index contributed by atoms with van der Waals surface area (Å²) in [5.41, 5.74) is 3.49. The zero-order valence-corrected chi connectivity index (χ0v) is 16.7. The molecule has 2 aromatic carbocycles. The largest absolute Gasteiger partial charge is 0.478 e. The second-order valence-electron chi connectivity index (χ2n) is 7.01. The van der Waals surface area contributed by atoms with Crippen molar-refractivity contribution < 1.29 is 9.90 Å². The van der Waals surface area contributed by atoms with Gasteiger partial charge in [-0.15, -0.1) is 24.7 Å². The first-order valence-electron chi connectivity index (χ1n) is 9.78. The Morgan fingerprint density at radius 2 is 1.67 bits per heavy atom. The van der Waals surface area contributed by atoms with Crippen molar-refractivity contribution in [2.24, 2.45) is 0 Å². The van der Waals surface area contributed by atoms with Crippen LogP contribution in [0.4, 0.5) is 0 Å². The van der Waals surface area contributed by atoms with Gasteiger partial charge >= 0.3 is 5.97 Å². The molecule has 0 spiro atoms. The molecule has 3 aromatic rings. The number of terminal acetylenes is 2. The van der Waals surface area contributed by atoms with Crippen LogP contribution < -0.4 is 0 Å². The third kappa shape index (κ3) is 5.59. The number of carbonyl (C=O) groups is 1. The maximum absolute atomic E-state index is 11.1. The highest BCUT2D eigenvalue weighted by molar-refractivity contribution is 5.87. The van der Waals surface area contributed by atoms with E-state index >= 15 is 0 Å². The van der Waals surface area contributed by atoms with Crippen LogP contribution in [-0.2, 0) is 25.8 Å². The summed E-state index contributed by atoms with van der Waals surface area (Å²) in [7, 11) is 0. The molecule has 0 saturated carbocycles. The van der Waals surface area contributed by atoms with Gasteiger partial charge < -0.3 is 5.11 Å². The van der Waals surface area contributed by atoms with E-state index in [2.05, 4.69) is 46.2 Å². The maximum Gasteiger partial charge on any atom is 0.335 e. The Morgan fingerprint density at radius 3 is 2.37 bits per heavy atom. The van der Waals surface area contributed by atoms with E-state index in [-0.39, 0.29) is 0 Å². The lowest BCUT2D eigenvalue weighted by atomic mass is 10.0. The summed E-state index contributed by atoms with van der Waals surface area (Å²) in [6.07, 6.45) is 14.0. The summed E-state index contributed by atoms with van der Waals surface area (Å²) < 4.78 is 1.90. The van der Waals surface area contributed by atoms with Gasteiger partial charge in [-0.3, -0.25) is 0 Å². The first-order chi connectivity index (χ1) is 14.6. The van der Waals surface area contributed by atoms with Gasteiger partial charge in [-0.2, -0.15) is 5.10 Å². The van der Waals surface area contributed by atoms with E-state index in [1.165, 1.54) is 0 Å². The molecular weight excluding hydrogens is 374 g/mol. The predicted molar refractivity (Wildman–Crippen MR) is 116 cm³/mol. The molecule has 1 N–H and O–H groups in total. The van der Waals surface area contributed by atoms with Crippen LogP contribution in [0.3, 0.4) is 0 Å². The van der Waals surface area contributed by atoms with Crippen molar-refractivity contribution in [3.8, 4) is 24.7 Å². The number of hydrogen-bond acceptors (Lipinski definition) is 3. The fourth-order valence-corrected chi connectivity index (χ4v) is 3.20. The van der Waals surface area contributed by atoms with E-state index in [9.17, 15) is 4.79 Å². The second-order valence-corrected chi connectivity index (χ2v) is 7.01. The monoisotopic (exact) mass is 397 g/mol. The average molecular weight is 397 g/mol. The molecule has 0 aliphatic rings. The van der Waals surface area contributed by atoms with Gasteiger partial charge in [0.25, 0.3) is 0 Å². The highest BCUT2D eigenvalue weighted by atomic mass is 16.4. The second kappa shape index (κ2) is 10.1. The summed E-state index contributed by atoms with van der Waals surface area (Å²) in [5.74, 6) is 5.97. The lowest BCUT2D eigenvalue weighted by Gasteiger charge is -2.07. The van der Waals surface area contributed by atoms with E-state index in [0.29, 0.717) is 44.2 Å². The Morgan fingerprint density at radius 1 is 0.967 bits per heavy atom. The molecule has 1 heterocycles. The van der Waals surface area contributed by atoms with Crippen molar-refractivity contribution in [2.75, 3.05) is 0 Å². The van der Waals surface area contributed by atoms with E-state index in [1.807, 2.05) is 10.7 Å². The van der Waals surface area contributed by atoms with Crippen LogP contribution in [0.25, 0.3) is 0 Å². The van der Waals surface area contributed by atoms with Gasteiger partial charge in [0, 0.05) is 25.7 Å². The van der Waals surface area contributed by atoms with Gasteiger partial charge in [-0.1, -0.05) is 36.4 Å². The van der Waals surface area contributed by atoms with Gasteiger partial charge in [0.1, 0.15) is 5.82 Å². The minimum absolute atomic E-state index is 0.301. The summed E-state index contributed by atoms with van der Waals surface area (Å²) in [4.78, 5) is 15.7. The van der Waals surface area contributed by atoms with Gasteiger partial charge in [0.05, 0.1) is 12.1 Å². The Labute approximate surface area is 176 Å². The standard InChI is InChI=1S/C25H23N3O2/c1-3-5-10-23-26-24(11-6-4-2)28(27-23)18-20-14-12-19(13-15-20)16-21-8-7-9-22(17-21)25(29)30/h1-2,7-9,12-15,17H,5-6,10-11,16,18H2,(H,29,30). The molecule has 5 heteroatoms. The molecule has 0 atom stereocenters. The average Bonchev–Trinajstić information content (AvgIpc) is 3.13. The Hall–Kier alpha value is -3.83. The quantitative estimate of drug-likeness (QED) is 0.559. The van der Waals surface area contributed by atoms with Crippen molar-refractivity contribution >= 4 is 5.97 Å². The molecule has 0 amide bonds. The van der Waals surface area contributed by atoms with E-state index < -0.39 is 5.97 Å². The number of aromatic carboxylic acids is 1. The zero-order chi connectivity index (χ0) is 21.3. The number of carboxylic acids is 1. The normalized spacial score (nSPS) is 10.3.